The molecule has 1 aliphatic rings. The summed E-state index contributed by atoms with van der Waals surface area (Å²) in [6.45, 7) is 0. The van der Waals surface area contributed by atoms with Crippen LogP contribution in [-0.2, 0) is 4.79 Å². The first-order chi connectivity index (χ1) is 4.65. The van der Waals surface area contributed by atoms with Crippen molar-refractivity contribution in [2.45, 2.75) is 37.7 Å². The molecule has 54 valence electrons. The van der Waals surface area contributed by atoms with Crippen LogP contribution >= 0.6 is 0 Å². The summed E-state index contributed by atoms with van der Waals surface area (Å²) in [7, 11) is 5.01. The maximum absolute atomic E-state index is 10.6. The largest absolute Gasteiger partial charge is 0.383 e. The van der Waals surface area contributed by atoms with Gasteiger partial charge in [0.15, 0.2) is 7.85 Å². The van der Waals surface area contributed by atoms with Gasteiger partial charge in [-0.25, -0.2) is 0 Å². The van der Waals surface area contributed by atoms with E-state index >= 15 is 0 Å². The zero-order valence-electron chi connectivity index (χ0n) is 5.97. The minimum absolute atomic E-state index is 0.544. The molecule has 1 fully saturated rings. The van der Waals surface area contributed by atoms with Gasteiger partial charge in [0.2, 0.25) is 0 Å². The van der Waals surface area contributed by atoms with Gasteiger partial charge in [-0.05, 0) is 12.8 Å². The van der Waals surface area contributed by atoms with Crippen LogP contribution in [0.5, 0.6) is 0 Å². The first kappa shape index (κ1) is 7.80. The Labute approximate surface area is 62.0 Å². The summed E-state index contributed by atoms with van der Waals surface area (Å²) in [5.74, 6) is 0. The molecule has 0 amide bonds. The Hall–Kier alpha value is -0.305. The van der Waals surface area contributed by atoms with Gasteiger partial charge in [-0.1, -0.05) is 19.3 Å². The third-order valence-electron chi connectivity index (χ3n) is 2.14. The van der Waals surface area contributed by atoms with Gasteiger partial charge in [0.25, 0.3) is 0 Å². The van der Waals surface area contributed by atoms with Crippen LogP contribution < -0.4 is 0 Å². The molecule has 2 nitrogen and oxygen atoms in total. The Bertz CT molecular complexity index is 139. The average molecular weight is 138 g/mol. The summed E-state index contributed by atoms with van der Waals surface area (Å²) < 4.78 is 0. The Kier molecular flexibility index (Phi) is 2.14. The van der Waals surface area contributed by atoms with Gasteiger partial charge < -0.3 is 9.90 Å². The Balaban J connectivity index is 2.56. The molecular formula is C7H11BO2. The molecule has 1 N–H and O–H groups in total. The summed E-state index contributed by atoms with van der Waals surface area (Å²) >= 11 is 0. The van der Waals surface area contributed by atoms with Crippen LogP contribution in [-0.4, -0.2) is 24.2 Å². The van der Waals surface area contributed by atoms with E-state index in [0.29, 0.717) is 12.8 Å². The monoisotopic (exact) mass is 138 g/mol. The third kappa shape index (κ3) is 1.40. The van der Waals surface area contributed by atoms with Crippen LogP contribution in [0, 0.1) is 0 Å². The number of rotatable bonds is 1. The van der Waals surface area contributed by atoms with Gasteiger partial charge in [0, 0.05) is 0 Å². The lowest BCUT2D eigenvalue weighted by molar-refractivity contribution is -0.131. The summed E-state index contributed by atoms with van der Waals surface area (Å²) in [6, 6.07) is 0. The second-order valence-corrected chi connectivity index (χ2v) is 2.96. The molecule has 1 saturated carbocycles. The van der Waals surface area contributed by atoms with E-state index in [1.165, 1.54) is 0 Å². The minimum atomic E-state index is -1.18. The fourth-order valence-electron chi connectivity index (χ4n) is 1.38. The number of hydrogen-bond acceptors (Lipinski definition) is 2. The van der Waals surface area contributed by atoms with Crippen LogP contribution in [0.4, 0.5) is 0 Å². The summed E-state index contributed by atoms with van der Waals surface area (Å²) in [4.78, 5) is 10.6. The van der Waals surface area contributed by atoms with E-state index in [0.717, 1.165) is 19.3 Å². The molecule has 0 spiro atoms. The van der Waals surface area contributed by atoms with Gasteiger partial charge in [-0.2, -0.15) is 0 Å². The molecule has 0 heterocycles. The number of aliphatic hydroxyl groups is 1. The van der Waals surface area contributed by atoms with Crippen molar-refractivity contribution in [3.05, 3.63) is 0 Å². The lowest BCUT2D eigenvalue weighted by Gasteiger charge is -2.29. The molecule has 0 atom stereocenters. The van der Waals surface area contributed by atoms with E-state index in [9.17, 15) is 9.90 Å². The van der Waals surface area contributed by atoms with Gasteiger partial charge >= 0.3 is 0 Å². The van der Waals surface area contributed by atoms with E-state index < -0.39 is 11.3 Å². The second kappa shape index (κ2) is 2.75. The molecule has 10 heavy (non-hydrogen) atoms. The third-order valence-corrected chi connectivity index (χ3v) is 2.14. The molecule has 0 saturated heterocycles. The van der Waals surface area contributed by atoms with E-state index in [2.05, 4.69) is 0 Å². The number of carbonyl (C=O) groups is 1. The van der Waals surface area contributed by atoms with Crippen LogP contribution in [0.25, 0.3) is 0 Å². The van der Waals surface area contributed by atoms with Crippen molar-refractivity contribution in [1.29, 1.82) is 0 Å². The maximum Gasteiger partial charge on any atom is 0.172 e. The Morgan fingerprint density at radius 2 is 1.80 bits per heavy atom. The SMILES string of the molecule is [B]C(=O)C1(O)CCCCC1. The molecule has 0 aromatic rings. The smallest absolute Gasteiger partial charge is 0.172 e. The van der Waals surface area contributed by atoms with Crippen molar-refractivity contribution in [3.63, 3.8) is 0 Å². The van der Waals surface area contributed by atoms with E-state index in [1.54, 1.807) is 0 Å². The van der Waals surface area contributed by atoms with E-state index in [-0.39, 0.29) is 0 Å². The fraction of sp³-hybridized carbons (Fsp3) is 0.857. The van der Waals surface area contributed by atoms with Crippen LogP contribution in [0.15, 0.2) is 0 Å². The number of carbonyl (C=O) groups excluding carboxylic acids is 1. The zero-order valence-corrected chi connectivity index (χ0v) is 5.97. The first-order valence-corrected chi connectivity index (χ1v) is 3.67. The predicted octanol–water partition coefficient (Wildman–Crippen LogP) is 0.377. The minimum Gasteiger partial charge on any atom is -0.383 e. The van der Waals surface area contributed by atoms with Gasteiger partial charge in [-0.3, -0.25) is 0 Å². The Morgan fingerprint density at radius 3 is 2.10 bits per heavy atom. The van der Waals surface area contributed by atoms with Gasteiger partial charge in [0.1, 0.15) is 11.3 Å². The molecule has 2 radical (unpaired) electrons. The summed E-state index contributed by atoms with van der Waals surface area (Å²) in [5, 5.41) is 9.47. The van der Waals surface area contributed by atoms with Crippen molar-refractivity contribution in [2.75, 3.05) is 0 Å². The standard InChI is InChI=1S/C7H11BO2/c8-6(9)7(10)4-2-1-3-5-7/h10H,1-5H2. The number of hydrogen-bond donors (Lipinski definition) is 1. The lowest BCUT2D eigenvalue weighted by atomic mass is 9.75. The molecule has 0 bridgehead atoms. The van der Waals surface area contributed by atoms with Crippen molar-refractivity contribution < 1.29 is 9.90 Å². The van der Waals surface area contributed by atoms with Crippen molar-refractivity contribution >= 4 is 13.5 Å². The summed E-state index contributed by atoms with van der Waals surface area (Å²) in [6.07, 6.45) is 4.03. The zero-order chi connectivity index (χ0) is 7.61. The van der Waals surface area contributed by atoms with Crippen LogP contribution in [0.2, 0.25) is 0 Å². The highest BCUT2D eigenvalue weighted by Gasteiger charge is 2.32. The Morgan fingerprint density at radius 1 is 1.30 bits per heavy atom. The van der Waals surface area contributed by atoms with Gasteiger partial charge in [0.05, 0.1) is 0 Å². The average Bonchev–Trinajstić information content (AvgIpc) is 1.89. The molecular weight excluding hydrogens is 127 g/mol. The van der Waals surface area contributed by atoms with E-state index in [4.69, 9.17) is 7.85 Å². The van der Waals surface area contributed by atoms with Gasteiger partial charge in [-0.15, -0.1) is 0 Å². The quantitative estimate of drug-likeness (QED) is 0.531. The van der Waals surface area contributed by atoms with Crippen molar-refractivity contribution in [3.8, 4) is 0 Å². The first-order valence-electron chi connectivity index (χ1n) is 3.67. The topological polar surface area (TPSA) is 37.3 Å². The molecule has 1 aliphatic carbocycles. The fourth-order valence-corrected chi connectivity index (χ4v) is 1.38. The molecule has 0 aromatic heterocycles. The lowest BCUT2D eigenvalue weighted by Crippen LogP contribution is -2.40. The molecule has 0 unspecified atom stereocenters. The van der Waals surface area contributed by atoms with Crippen LogP contribution in [0.3, 0.4) is 0 Å². The van der Waals surface area contributed by atoms with Crippen molar-refractivity contribution in [2.24, 2.45) is 0 Å². The maximum atomic E-state index is 10.6. The second-order valence-electron chi connectivity index (χ2n) is 2.96. The molecule has 1 rings (SSSR count). The molecule has 3 heteroatoms. The predicted molar refractivity (Wildman–Crippen MR) is 38.8 cm³/mol. The highest BCUT2D eigenvalue weighted by Crippen LogP contribution is 2.27. The molecule has 0 aliphatic heterocycles. The van der Waals surface area contributed by atoms with E-state index in [1.807, 2.05) is 0 Å². The normalized spacial score (nSPS) is 24.1. The molecule has 0 aromatic carbocycles. The summed E-state index contributed by atoms with van der Waals surface area (Å²) in [5.41, 5.74) is -1.75. The van der Waals surface area contributed by atoms with Crippen molar-refractivity contribution in [1.82, 2.24) is 0 Å². The highest BCUT2D eigenvalue weighted by atomic mass is 16.3. The highest BCUT2D eigenvalue weighted by molar-refractivity contribution is 6.59. The van der Waals surface area contributed by atoms with Crippen LogP contribution in [0.1, 0.15) is 32.1 Å².